The van der Waals surface area contributed by atoms with Crippen molar-refractivity contribution in [1.82, 2.24) is 24.8 Å². The number of carbonyl (C=O) groups excluding carboxylic acids is 1. The molecule has 0 atom stereocenters. The van der Waals surface area contributed by atoms with Crippen molar-refractivity contribution in [2.24, 2.45) is 5.41 Å². The molecule has 2 N–H and O–H groups in total. The van der Waals surface area contributed by atoms with Crippen molar-refractivity contribution in [2.45, 2.75) is 45.6 Å². The van der Waals surface area contributed by atoms with Crippen LogP contribution in [-0.4, -0.2) is 70.8 Å². The molecule has 3 aromatic heterocycles. The largest absolute Gasteiger partial charge is 0.495 e. The molecule has 2 aliphatic rings. The number of nitrogens with one attached hydrogen (secondary N) is 2. The lowest BCUT2D eigenvalue weighted by molar-refractivity contribution is -0.109. The summed E-state index contributed by atoms with van der Waals surface area (Å²) in [4.78, 5) is 32.3. The molecule has 0 bridgehead atoms. The van der Waals surface area contributed by atoms with E-state index in [2.05, 4.69) is 22.2 Å². The van der Waals surface area contributed by atoms with Gasteiger partial charge in [-0.3, -0.25) is 4.79 Å². The van der Waals surface area contributed by atoms with Crippen LogP contribution in [0.25, 0.3) is 33.3 Å². The average Bonchev–Trinajstić information content (AvgIpc) is 3.75. The molecule has 2 aromatic carbocycles. The van der Waals surface area contributed by atoms with Crippen LogP contribution in [0.1, 0.15) is 48.9 Å². The Bertz CT molecular complexity index is 1850. The predicted molar refractivity (Wildman–Crippen MR) is 167 cm³/mol. The van der Waals surface area contributed by atoms with Crippen LogP contribution in [0, 0.1) is 12.3 Å². The minimum Gasteiger partial charge on any atom is -0.495 e. The molecule has 1 aliphatic carbocycles. The van der Waals surface area contributed by atoms with E-state index in [0.29, 0.717) is 60.1 Å². The van der Waals surface area contributed by atoms with E-state index in [1.54, 1.807) is 24.1 Å². The van der Waals surface area contributed by atoms with E-state index in [1.807, 2.05) is 44.4 Å². The first-order valence-electron chi connectivity index (χ1n) is 15.0. The molecule has 11 heteroatoms. The number of hydrogen-bond acceptors (Lipinski definition) is 9. The van der Waals surface area contributed by atoms with Crippen molar-refractivity contribution in [2.75, 3.05) is 39.2 Å². The minimum absolute atomic E-state index is 0.0102. The van der Waals surface area contributed by atoms with E-state index < -0.39 is 0 Å². The Kier molecular flexibility index (Phi) is 7.12. The van der Waals surface area contributed by atoms with E-state index in [1.165, 1.54) is 0 Å². The number of methoxy groups -OCH3 is 1. The van der Waals surface area contributed by atoms with Crippen molar-refractivity contribution >= 4 is 39.7 Å². The van der Waals surface area contributed by atoms with Gasteiger partial charge in [-0.05, 0) is 61.6 Å². The van der Waals surface area contributed by atoms with E-state index in [4.69, 9.17) is 28.6 Å². The number of aromatic amines is 1. The Morgan fingerprint density at radius 2 is 1.95 bits per heavy atom. The van der Waals surface area contributed by atoms with Crippen LogP contribution in [-0.2, 0) is 4.74 Å². The first-order chi connectivity index (χ1) is 21.3. The molecule has 7 rings (SSSR count). The zero-order valence-electron chi connectivity index (χ0n) is 25.4. The lowest BCUT2D eigenvalue weighted by Gasteiger charge is -2.40. The highest BCUT2D eigenvalue weighted by Gasteiger charge is 2.35. The van der Waals surface area contributed by atoms with Crippen LogP contribution >= 0.6 is 0 Å². The van der Waals surface area contributed by atoms with Crippen LogP contribution in [0.4, 0.5) is 11.6 Å². The maximum absolute atomic E-state index is 13.2. The number of hydrogen-bond donors (Lipinski definition) is 2. The summed E-state index contributed by atoms with van der Waals surface area (Å²) < 4.78 is 23.4. The molecule has 4 heterocycles. The molecule has 0 radical (unpaired) electrons. The highest BCUT2D eigenvalue weighted by atomic mass is 16.5. The van der Waals surface area contributed by atoms with E-state index in [0.717, 1.165) is 53.3 Å². The number of fused-ring (bicyclic) bond motifs is 2. The zero-order chi connectivity index (χ0) is 30.4. The van der Waals surface area contributed by atoms with E-state index in [-0.39, 0.29) is 17.4 Å². The summed E-state index contributed by atoms with van der Waals surface area (Å²) in [6, 6.07) is 11.3. The fourth-order valence-electron chi connectivity index (χ4n) is 6.19. The summed E-state index contributed by atoms with van der Waals surface area (Å²) in [5.41, 5.74) is 5.20. The lowest BCUT2D eigenvalue weighted by Crippen LogP contribution is -2.49. The Morgan fingerprint density at radius 1 is 1.14 bits per heavy atom. The second-order valence-electron chi connectivity index (χ2n) is 12.2. The Hall–Kier alpha value is -4.64. The molecule has 1 saturated heterocycles. The fraction of sp³-hybridized carbons (Fsp3) is 0.394. The smallest absolute Gasteiger partial charge is 0.253 e. The second kappa shape index (κ2) is 11.1. The number of nitrogens with zero attached hydrogens (tertiary/aromatic N) is 4. The molecule has 1 aliphatic heterocycles. The van der Waals surface area contributed by atoms with Gasteiger partial charge in [-0.25, -0.2) is 4.98 Å². The molecule has 44 heavy (non-hydrogen) atoms. The van der Waals surface area contributed by atoms with Gasteiger partial charge in [-0.15, -0.1) is 0 Å². The molecular formula is C33H36N6O5. The van der Waals surface area contributed by atoms with Gasteiger partial charge in [-0.2, -0.15) is 9.97 Å². The summed E-state index contributed by atoms with van der Waals surface area (Å²) in [5.74, 6) is 1.92. The average molecular weight is 597 g/mol. The summed E-state index contributed by atoms with van der Waals surface area (Å²) >= 11 is 0. The van der Waals surface area contributed by atoms with Gasteiger partial charge < -0.3 is 33.8 Å². The first-order valence-corrected chi connectivity index (χ1v) is 15.0. The summed E-state index contributed by atoms with van der Waals surface area (Å²) in [6.07, 6.45) is 6.26. The number of carbonyl (C=O) groups is 1. The number of H-pyrrole nitrogens is 1. The van der Waals surface area contributed by atoms with Gasteiger partial charge in [0.1, 0.15) is 23.0 Å². The second-order valence-corrected chi connectivity index (χ2v) is 12.2. The third-order valence-electron chi connectivity index (χ3n) is 8.45. The Morgan fingerprint density at radius 3 is 2.70 bits per heavy atom. The van der Waals surface area contributed by atoms with Gasteiger partial charge >= 0.3 is 0 Å². The third kappa shape index (κ3) is 5.32. The SMILES string of the molecule is COc1cc(C(=O)N(C)CC2(C)COC2)ccc1Nc1nc(OC2CCCC2)c2c(-c3ccc4nc(C)oc4c3)c[nH]c2n1. The van der Waals surface area contributed by atoms with Crippen molar-refractivity contribution in [3.8, 4) is 22.8 Å². The fourth-order valence-corrected chi connectivity index (χ4v) is 6.19. The first kappa shape index (κ1) is 28.1. The van der Waals surface area contributed by atoms with Gasteiger partial charge in [0.05, 0.1) is 31.4 Å². The van der Waals surface area contributed by atoms with Gasteiger partial charge in [-0.1, -0.05) is 13.0 Å². The van der Waals surface area contributed by atoms with Crippen LogP contribution in [0.5, 0.6) is 11.6 Å². The molecule has 5 aromatic rings. The number of oxazole rings is 1. The van der Waals surface area contributed by atoms with Crippen LogP contribution in [0.2, 0.25) is 0 Å². The summed E-state index contributed by atoms with van der Waals surface area (Å²) in [5, 5.41) is 4.10. The monoisotopic (exact) mass is 596 g/mol. The van der Waals surface area contributed by atoms with Gasteiger partial charge in [0, 0.05) is 43.3 Å². The van der Waals surface area contributed by atoms with E-state index in [9.17, 15) is 4.79 Å². The minimum atomic E-state index is -0.0783. The molecule has 0 spiro atoms. The highest BCUT2D eigenvalue weighted by Crippen LogP contribution is 2.38. The highest BCUT2D eigenvalue weighted by molar-refractivity contribution is 5.99. The van der Waals surface area contributed by atoms with Gasteiger partial charge in [0.15, 0.2) is 11.5 Å². The van der Waals surface area contributed by atoms with Crippen molar-refractivity contribution in [1.29, 1.82) is 0 Å². The lowest BCUT2D eigenvalue weighted by atomic mass is 9.88. The Balaban J connectivity index is 1.21. The number of aromatic nitrogens is 4. The molecule has 1 amide bonds. The number of rotatable bonds is 9. The summed E-state index contributed by atoms with van der Waals surface area (Å²) in [6.45, 7) is 5.90. The number of aryl methyl sites for hydroxylation is 1. The number of ether oxygens (including phenoxy) is 3. The molecule has 0 unspecified atom stereocenters. The van der Waals surface area contributed by atoms with Crippen molar-refractivity contribution < 1.29 is 23.4 Å². The summed E-state index contributed by atoms with van der Waals surface area (Å²) in [7, 11) is 3.39. The topological polar surface area (TPSA) is 128 Å². The van der Waals surface area contributed by atoms with Crippen LogP contribution < -0.4 is 14.8 Å². The predicted octanol–water partition coefficient (Wildman–Crippen LogP) is 6.26. The van der Waals surface area contributed by atoms with Gasteiger partial charge in [0.25, 0.3) is 5.91 Å². The zero-order valence-corrected chi connectivity index (χ0v) is 25.4. The van der Waals surface area contributed by atoms with Crippen molar-refractivity contribution in [3.63, 3.8) is 0 Å². The maximum atomic E-state index is 13.2. The van der Waals surface area contributed by atoms with Crippen LogP contribution in [0.3, 0.4) is 0 Å². The van der Waals surface area contributed by atoms with Gasteiger partial charge in [0.2, 0.25) is 11.8 Å². The Labute approximate surface area is 254 Å². The van der Waals surface area contributed by atoms with E-state index >= 15 is 0 Å². The molecular weight excluding hydrogens is 560 g/mol. The number of anilines is 2. The van der Waals surface area contributed by atoms with Crippen molar-refractivity contribution in [3.05, 3.63) is 54.0 Å². The molecule has 11 nitrogen and oxygen atoms in total. The number of amides is 1. The number of benzene rings is 2. The molecule has 2 fully saturated rings. The normalized spacial score (nSPS) is 16.3. The molecule has 1 saturated carbocycles. The standard InChI is InChI=1S/C33H36N6O5/c1-19-35-25-11-9-20(13-27(25)43-19)23-15-34-29-28(23)30(44-22-7-5-6-8-22)38-32(37-29)36-24-12-10-21(14-26(24)41-4)31(40)39(3)16-33(2)17-42-18-33/h9-15,22H,5-8,16-18H2,1-4H3,(H2,34,36,37,38). The molecule has 228 valence electrons. The maximum Gasteiger partial charge on any atom is 0.253 e. The quantitative estimate of drug-likeness (QED) is 0.203. The van der Waals surface area contributed by atoms with Crippen LogP contribution in [0.15, 0.2) is 47.0 Å². The third-order valence-corrected chi connectivity index (χ3v) is 8.45.